The first-order valence-electron chi connectivity index (χ1n) is 10.9. The van der Waals surface area contributed by atoms with Gasteiger partial charge in [-0.15, -0.1) is 11.8 Å². The van der Waals surface area contributed by atoms with Crippen LogP contribution in [0.3, 0.4) is 0 Å². The maximum Gasteiger partial charge on any atom is 0.264 e. The fraction of sp³-hybridized carbons (Fsp3) is 0.240. The molecule has 0 saturated carbocycles. The third-order valence-electron chi connectivity index (χ3n) is 4.78. The van der Waals surface area contributed by atoms with Crippen LogP contribution >= 0.6 is 11.8 Å². The van der Waals surface area contributed by atoms with Gasteiger partial charge in [-0.1, -0.05) is 18.2 Å². The summed E-state index contributed by atoms with van der Waals surface area (Å²) >= 11 is 1.69. The van der Waals surface area contributed by atoms with Gasteiger partial charge in [0.2, 0.25) is 5.91 Å². The van der Waals surface area contributed by atoms with E-state index < -0.39 is 28.3 Å². The van der Waals surface area contributed by atoms with E-state index in [2.05, 4.69) is 5.32 Å². The van der Waals surface area contributed by atoms with Gasteiger partial charge in [-0.25, -0.2) is 12.8 Å². The Hall–Kier alpha value is -3.04. The highest BCUT2D eigenvalue weighted by atomic mass is 32.2. The molecule has 1 N–H and O–H groups in total. The van der Waals surface area contributed by atoms with Crippen molar-refractivity contribution in [3.63, 3.8) is 0 Å². The first-order chi connectivity index (χ1) is 16.4. The number of amides is 1. The van der Waals surface area contributed by atoms with Crippen LogP contribution in [0.2, 0.25) is 0 Å². The molecule has 0 unspecified atom stereocenters. The number of nitrogens with one attached hydrogen (secondary N) is 1. The molecule has 9 heteroatoms. The van der Waals surface area contributed by atoms with E-state index in [9.17, 15) is 17.6 Å². The summed E-state index contributed by atoms with van der Waals surface area (Å²) < 4.78 is 46.5. The third-order valence-corrected chi connectivity index (χ3v) is 7.67. The Labute approximate surface area is 204 Å². The molecule has 0 spiro atoms. The average molecular weight is 503 g/mol. The molecule has 0 saturated heterocycles. The molecule has 34 heavy (non-hydrogen) atoms. The van der Waals surface area contributed by atoms with E-state index in [1.54, 1.807) is 23.9 Å². The molecule has 3 aromatic carbocycles. The fourth-order valence-electron chi connectivity index (χ4n) is 3.12. The maximum atomic E-state index is 13.4. The smallest absolute Gasteiger partial charge is 0.264 e. The number of carbonyl (C=O) groups excluding carboxylic acids is 1. The molecule has 0 fully saturated rings. The van der Waals surface area contributed by atoms with E-state index in [-0.39, 0.29) is 10.6 Å². The summed E-state index contributed by atoms with van der Waals surface area (Å²) in [7, 11) is -4.07. The summed E-state index contributed by atoms with van der Waals surface area (Å²) in [6.45, 7) is 2.28. The van der Waals surface area contributed by atoms with Crippen LogP contribution in [-0.4, -0.2) is 39.8 Å². The summed E-state index contributed by atoms with van der Waals surface area (Å²) in [5, 5.41) is 2.78. The lowest BCUT2D eigenvalue weighted by atomic mass is 10.3. The van der Waals surface area contributed by atoms with Gasteiger partial charge < -0.3 is 10.1 Å². The molecule has 3 rings (SSSR count). The number of nitrogens with zero attached hydrogens (tertiary/aromatic N) is 1. The van der Waals surface area contributed by atoms with Gasteiger partial charge in [0.15, 0.2) is 0 Å². The molecule has 0 aliphatic rings. The van der Waals surface area contributed by atoms with Gasteiger partial charge in [0.25, 0.3) is 10.0 Å². The lowest BCUT2D eigenvalue weighted by Gasteiger charge is -2.24. The minimum absolute atomic E-state index is 0.00680. The molecule has 0 heterocycles. The molecule has 0 aliphatic heterocycles. The van der Waals surface area contributed by atoms with Crippen molar-refractivity contribution in [3.05, 3.63) is 84.7 Å². The van der Waals surface area contributed by atoms with Gasteiger partial charge in [0, 0.05) is 11.4 Å². The Morgan fingerprint density at radius 2 is 1.68 bits per heavy atom. The predicted molar refractivity (Wildman–Crippen MR) is 133 cm³/mol. The van der Waals surface area contributed by atoms with Crippen LogP contribution in [0.1, 0.15) is 13.3 Å². The minimum atomic E-state index is -4.07. The van der Waals surface area contributed by atoms with E-state index in [4.69, 9.17) is 4.74 Å². The average Bonchev–Trinajstić information content (AvgIpc) is 2.84. The molecule has 0 aromatic heterocycles. The maximum absolute atomic E-state index is 13.4. The van der Waals surface area contributed by atoms with Crippen molar-refractivity contribution >= 4 is 33.4 Å². The monoisotopic (exact) mass is 502 g/mol. The SMILES string of the molecule is CCOc1ccc(S(=O)(=O)N(CC(=O)NCCCSc2ccccc2)c2ccc(F)cc2)cc1. The molecule has 6 nitrogen and oxygen atoms in total. The van der Waals surface area contributed by atoms with Gasteiger partial charge in [-0.2, -0.15) is 0 Å². The number of sulfonamides is 1. The van der Waals surface area contributed by atoms with E-state index >= 15 is 0 Å². The van der Waals surface area contributed by atoms with Crippen LogP contribution in [0.5, 0.6) is 5.75 Å². The molecule has 0 bridgehead atoms. The molecule has 0 radical (unpaired) electrons. The zero-order valence-electron chi connectivity index (χ0n) is 18.8. The normalized spacial score (nSPS) is 11.1. The number of thioether (sulfide) groups is 1. The van der Waals surface area contributed by atoms with Crippen molar-refractivity contribution in [2.24, 2.45) is 0 Å². The van der Waals surface area contributed by atoms with Crippen molar-refractivity contribution < 1.29 is 22.3 Å². The Morgan fingerprint density at radius 1 is 1.00 bits per heavy atom. The number of benzene rings is 3. The Kier molecular flexibility index (Phi) is 9.35. The van der Waals surface area contributed by atoms with Crippen LogP contribution in [-0.2, 0) is 14.8 Å². The summed E-state index contributed by atoms with van der Waals surface area (Å²) in [5.74, 6) is 0.420. The molecular weight excluding hydrogens is 475 g/mol. The van der Waals surface area contributed by atoms with Crippen LogP contribution in [0.15, 0.2) is 88.7 Å². The molecule has 3 aromatic rings. The van der Waals surface area contributed by atoms with Crippen molar-refractivity contribution in [1.29, 1.82) is 0 Å². The van der Waals surface area contributed by atoms with Crippen LogP contribution in [0.25, 0.3) is 0 Å². The molecular formula is C25H27FN2O4S2. The highest BCUT2D eigenvalue weighted by molar-refractivity contribution is 7.99. The number of anilines is 1. The Bertz CT molecular complexity index is 1160. The van der Waals surface area contributed by atoms with Crippen molar-refractivity contribution in [2.45, 2.75) is 23.1 Å². The molecule has 0 atom stereocenters. The second-order valence-corrected chi connectivity index (χ2v) is 10.3. The highest BCUT2D eigenvalue weighted by Crippen LogP contribution is 2.25. The standard InChI is InChI=1S/C25H27FN2O4S2/c1-2-32-22-13-15-24(16-14-22)34(30,31)28(21-11-9-20(26)10-12-21)19-25(29)27-17-6-18-33-23-7-4-3-5-8-23/h3-5,7-16H,2,6,17-19H2,1H3,(H,27,29). The second kappa shape index (κ2) is 12.4. The lowest BCUT2D eigenvalue weighted by molar-refractivity contribution is -0.119. The number of halogens is 1. The van der Waals surface area contributed by atoms with Gasteiger partial charge in [-0.05, 0) is 79.8 Å². The second-order valence-electron chi connectivity index (χ2n) is 7.26. The first-order valence-corrected chi connectivity index (χ1v) is 13.3. The number of rotatable bonds is 12. The number of hydrogen-bond acceptors (Lipinski definition) is 5. The van der Waals surface area contributed by atoms with E-state index in [0.717, 1.165) is 33.5 Å². The number of ether oxygens (including phenoxy) is 1. The van der Waals surface area contributed by atoms with Crippen LogP contribution in [0.4, 0.5) is 10.1 Å². The van der Waals surface area contributed by atoms with Gasteiger partial charge in [0.05, 0.1) is 17.2 Å². The molecule has 180 valence electrons. The van der Waals surface area contributed by atoms with Crippen LogP contribution < -0.4 is 14.4 Å². The summed E-state index contributed by atoms with van der Waals surface area (Å²) in [6, 6.07) is 20.9. The zero-order chi connectivity index (χ0) is 24.4. The highest BCUT2D eigenvalue weighted by Gasteiger charge is 2.27. The molecule has 0 aliphatic carbocycles. The first kappa shape index (κ1) is 25.6. The Morgan fingerprint density at radius 3 is 2.32 bits per heavy atom. The van der Waals surface area contributed by atoms with Crippen LogP contribution in [0, 0.1) is 5.82 Å². The fourth-order valence-corrected chi connectivity index (χ4v) is 5.41. The summed E-state index contributed by atoms with van der Waals surface area (Å²) in [5.41, 5.74) is 0.199. The zero-order valence-corrected chi connectivity index (χ0v) is 20.4. The largest absolute Gasteiger partial charge is 0.494 e. The molecule has 1 amide bonds. The van der Waals surface area contributed by atoms with Gasteiger partial charge in [-0.3, -0.25) is 9.10 Å². The quantitative estimate of drug-likeness (QED) is 0.287. The van der Waals surface area contributed by atoms with Gasteiger partial charge >= 0.3 is 0 Å². The Balaban J connectivity index is 1.66. The van der Waals surface area contributed by atoms with Crippen molar-refractivity contribution in [1.82, 2.24) is 5.32 Å². The van der Waals surface area contributed by atoms with Crippen molar-refractivity contribution in [3.8, 4) is 5.75 Å². The van der Waals surface area contributed by atoms with E-state index in [1.165, 1.54) is 24.3 Å². The summed E-state index contributed by atoms with van der Waals surface area (Å²) in [6.07, 6.45) is 0.730. The van der Waals surface area contributed by atoms with Gasteiger partial charge in [0.1, 0.15) is 18.1 Å². The summed E-state index contributed by atoms with van der Waals surface area (Å²) in [4.78, 5) is 13.8. The van der Waals surface area contributed by atoms with E-state index in [0.29, 0.717) is 18.9 Å². The third kappa shape index (κ3) is 7.23. The topological polar surface area (TPSA) is 75.7 Å². The number of carbonyl (C=O) groups is 1. The predicted octanol–water partition coefficient (Wildman–Crippen LogP) is 4.72. The van der Waals surface area contributed by atoms with E-state index in [1.807, 2.05) is 37.3 Å². The minimum Gasteiger partial charge on any atom is -0.494 e. The van der Waals surface area contributed by atoms with Crippen molar-refractivity contribution in [2.75, 3.05) is 29.8 Å². The lowest BCUT2D eigenvalue weighted by Crippen LogP contribution is -2.41. The number of hydrogen-bond donors (Lipinski definition) is 1.